The Hall–Kier alpha value is -2.92. The van der Waals surface area contributed by atoms with Gasteiger partial charge in [0.1, 0.15) is 6.04 Å². The van der Waals surface area contributed by atoms with Gasteiger partial charge in [0.05, 0.1) is 0 Å². The third-order valence-corrected chi connectivity index (χ3v) is 4.02. The number of hydrogen-bond acceptors (Lipinski definition) is 3. The van der Waals surface area contributed by atoms with Crippen molar-refractivity contribution in [3.8, 4) is 0 Å². The zero-order chi connectivity index (χ0) is 19.6. The van der Waals surface area contributed by atoms with Gasteiger partial charge in [0.2, 0.25) is 0 Å². The molecular weight excluding hydrogens is 362 g/mol. The van der Waals surface area contributed by atoms with E-state index in [9.17, 15) is 9.59 Å². The van der Waals surface area contributed by atoms with Crippen LogP contribution in [0, 0.1) is 5.92 Å². The molecule has 0 bridgehead atoms. The maximum absolute atomic E-state index is 12.4. The van der Waals surface area contributed by atoms with Crippen molar-refractivity contribution in [2.24, 2.45) is 11.0 Å². The summed E-state index contributed by atoms with van der Waals surface area (Å²) in [5, 5.41) is 7.18. The standard InChI is InChI=1S/C21H22ClN3O2/c1-15(2)19(24-20(26)17-10-12-18(22)13-11-17)21(27)25-23-14-6-9-16-7-4-3-5-8-16/h3-15,19H,1-2H3,(H,24,26)(H,25,27)/b9-6+,23-14+. The van der Waals surface area contributed by atoms with Crippen LogP contribution in [-0.4, -0.2) is 24.1 Å². The van der Waals surface area contributed by atoms with Crippen LogP contribution in [0.1, 0.15) is 29.8 Å². The summed E-state index contributed by atoms with van der Waals surface area (Å²) in [5.41, 5.74) is 3.93. The summed E-state index contributed by atoms with van der Waals surface area (Å²) in [6.07, 6.45) is 5.09. The fraction of sp³-hybridized carbons (Fsp3) is 0.190. The number of hydrazone groups is 1. The number of amides is 2. The molecule has 0 fully saturated rings. The summed E-state index contributed by atoms with van der Waals surface area (Å²) < 4.78 is 0. The number of benzene rings is 2. The van der Waals surface area contributed by atoms with Gasteiger partial charge >= 0.3 is 0 Å². The minimum atomic E-state index is -0.705. The Kier molecular flexibility index (Phi) is 7.77. The molecule has 27 heavy (non-hydrogen) atoms. The molecule has 5 nitrogen and oxygen atoms in total. The summed E-state index contributed by atoms with van der Waals surface area (Å²) in [6, 6.07) is 15.5. The Balaban J connectivity index is 1.92. The molecule has 0 saturated heterocycles. The summed E-state index contributed by atoms with van der Waals surface area (Å²) >= 11 is 5.83. The van der Waals surface area contributed by atoms with Gasteiger partial charge in [-0.15, -0.1) is 0 Å². The summed E-state index contributed by atoms with van der Waals surface area (Å²) in [4.78, 5) is 24.7. The maximum atomic E-state index is 12.4. The Labute approximate surface area is 164 Å². The Morgan fingerprint density at radius 1 is 1.04 bits per heavy atom. The summed E-state index contributed by atoms with van der Waals surface area (Å²) in [6.45, 7) is 3.71. The molecule has 0 aliphatic carbocycles. The molecule has 0 heterocycles. The van der Waals surface area contributed by atoms with E-state index in [0.717, 1.165) is 5.56 Å². The molecule has 2 N–H and O–H groups in total. The van der Waals surface area contributed by atoms with Gasteiger partial charge in [-0.1, -0.05) is 61.9 Å². The zero-order valence-electron chi connectivity index (χ0n) is 15.2. The largest absolute Gasteiger partial charge is 0.340 e. The van der Waals surface area contributed by atoms with Crippen molar-refractivity contribution in [1.82, 2.24) is 10.7 Å². The molecule has 140 valence electrons. The van der Waals surface area contributed by atoms with E-state index >= 15 is 0 Å². The van der Waals surface area contributed by atoms with Crippen molar-refractivity contribution in [3.05, 3.63) is 76.8 Å². The average molecular weight is 384 g/mol. The van der Waals surface area contributed by atoms with Gasteiger partial charge in [-0.05, 0) is 41.8 Å². The first kappa shape index (κ1) is 20.4. The zero-order valence-corrected chi connectivity index (χ0v) is 16.0. The lowest BCUT2D eigenvalue weighted by molar-refractivity contribution is -0.123. The number of rotatable bonds is 7. The minimum absolute atomic E-state index is 0.101. The normalized spacial score (nSPS) is 12.4. The van der Waals surface area contributed by atoms with Crippen LogP contribution in [0.25, 0.3) is 6.08 Å². The number of nitrogens with one attached hydrogen (secondary N) is 2. The van der Waals surface area contributed by atoms with E-state index in [1.165, 1.54) is 6.21 Å². The molecule has 1 atom stereocenters. The van der Waals surface area contributed by atoms with Crippen LogP contribution >= 0.6 is 11.6 Å². The van der Waals surface area contributed by atoms with Crippen LogP contribution in [0.2, 0.25) is 5.02 Å². The third-order valence-electron chi connectivity index (χ3n) is 3.77. The van der Waals surface area contributed by atoms with Gasteiger partial charge in [0, 0.05) is 16.8 Å². The lowest BCUT2D eigenvalue weighted by Gasteiger charge is -2.20. The third kappa shape index (κ3) is 6.72. The minimum Gasteiger partial charge on any atom is -0.340 e. The van der Waals surface area contributed by atoms with Gasteiger partial charge in [0.15, 0.2) is 0 Å². The fourth-order valence-electron chi connectivity index (χ4n) is 2.29. The summed E-state index contributed by atoms with van der Waals surface area (Å²) in [7, 11) is 0. The lowest BCUT2D eigenvalue weighted by atomic mass is 10.0. The van der Waals surface area contributed by atoms with Crippen molar-refractivity contribution in [2.75, 3.05) is 0 Å². The molecule has 2 amide bonds. The molecule has 0 aromatic heterocycles. The lowest BCUT2D eigenvalue weighted by Crippen LogP contribution is -2.48. The van der Waals surface area contributed by atoms with Crippen LogP contribution in [-0.2, 0) is 4.79 Å². The van der Waals surface area contributed by atoms with Gasteiger partial charge in [-0.3, -0.25) is 9.59 Å². The van der Waals surface area contributed by atoms with Crippen molar-refractivity contribution < 1.29 is 9.59 Å². The Morgan fingerprint density at radius 2 is 1.70 bits per heavy atom. The van der Waals surface area contributed by atoms with Crippen LogP contribution in [0.15, 0.2) is 65.8 Å². The Bertz CT molecular complexity index is 815. The molecule has 0 radical (unpaired) electrons. The number of carbonyl (C=O) groups excluding carboxylic acids is 2. The second-order valence-corrected chi connectivity index (χ2v) is 6.66. The number of hydrogen-bond donors (Lipinski definition) is 2. The van der Waals surface area contributed by atoms with Crippen molar-refractivity contribution in [3.63, 3.8) is 0 Å². The van der Waals surface area contributed by atoms with E-state index in [4.69, 9.17) is 11.6 Å². The smallest absolute Gasteiger partial charge is 0.262 e. The van der Waals surface area contributed by atoms with Crippen molar-refractivity contribution in [1.29, 1.82) is 0 Å². The first-order chi connectivity index (χ1) is 13.0. The number of nitrogens with zero attached hydrogens (tertiary/aromatic N) is 1. The van der Waals surface area contributed by atoms with Crippen LogP contribution in [0.3, 0.4) is 0 Å². The molecule has 0 saturated carbocycles. The maximum Gasteiger partial charge on any atom is 0.262 e. The molecule has 6 heteroatoms. The number of halogens is 1. The molecule has 0 aliphatic heterocycles. The monoisotopic (exact) mass is 383 g/mol. The molecular formula is C21H22ClN3O2. The first-order valence-electron chi connectivity index (χ1n) is 8.58. The first-order valence-corrected chi connectivity index (χ1v) is 8.96. The molecule has 0 spiro atoms. The quantitative estimate of drug-likeness (QED) is 0.562. The Morgan fingerprint density at radius 3 is 2.33 bits per heavy atom. The highest BCUT2D eigenvalue weighted by Gasteiger charge is 2.24. The molecule has 2 rings (SSSR count). The SMILES string of the molecule is CC(C)C(NC(=O)c1ccc(Cl)cc1)C(=O)N/N=C/C=C/c1ccccc1. The fourth-order valence-corrected chi connectivity index (χ4v) is 2.42. The van der Waals surface area contributed by atoms with Crippen LogP contribution in [0.4, 0.5) is 0 Å². The van der Waals surface area contributed by atoms with E-state index in [1.807, 2.05) is 50.3 Å². The summed E-state index contributed by atoms with van der Waals surface area (Å²) in [5.74, 6) is -0.818. The number of carbonyl (C=O) groups is 2. The highest BCUT2D eigenvalue weighted by Crippen LogP contribution is 2.10. The van der Waals surface area contributed by atoms with E-state index in [2.05, 4.69) is 15.8 Å². The van der Waals surface area contributed by atoms with Gasteiger partial charge < -0.3 is 5.32 Å². The second kappa shape index (κ2) is 10.3. The van der Waals surface area contributed by atoms with E-state index in [0.29, 0.717) is 10.6 Å². The van der Waals surface area contributed by atoms with Crippen LogP contribution < -0.4 is 10.7 Å². The van der Waals surface area contributed by atoms with Crippen LogP contribution in [0.5, 0.6) is 0 Å². The van der Waals surface area contributed by atoms with E-state index < -0.39 is 6.04 Å². The van der Waals surface area contributed by atoms with Gasteiger partial charge in [-0.25, -0.2) is 5.43 Å². The van der Waals surface area contributed by atoms with Gasteiger partial charge in [-0.2, -0.15) is 5.10 Å². The van der Waals surface area contributed by atoms with Gasteiger partial charge in [0.25, 0.3) is 11.8 Å². The predicted molar refractivity (Wildman–Crippen MR) is 110 cm³/mol. The highest BCUT2D eigenvalue weighted by atomic mass is 35.5. The molecule has 0 aliphatic rings. The highest BCUT2D eigenvalue weighted by molar-refractivity contribution is 6.30. The second-order valence-electron chi connectivity index (χ2n) is 6.23. The average Bonchev–Trinajstić information content (AvgIpc) is 2.66. The van der Waals surface area contributed by atoms with Crippen molar-refractivity contribution >= 4 is 35.7 Å². The molecule has 2 aromatic carbocycles. The van der Waals surface area contributed by atoms with Crippen molar-refractivity contribution in [2.45, 2.75) is 19.9 Å². The molecule has 1 unspecified atom stereocenters. The topological polar surface area (TPSA) is 70.6 Å². The molecule has 2 aromatic rings. The number of allylic oxidation sites excluding steroid dienone is 1. The van der Waals surface area contributed by atoms with E-state index in [-0.39, 0.29) is 17.7 Å². The van der Waals surface area contributed by atoms with E-state index in [1.54, 1.807) is 30.3 Å². The predicted octanol–water partition coefficient (Wildman–Crippen LogP) is 3.91.